The van der Waals surface area contributed by atoms with E-state index in [1.807, 2.05) is 30.3 Å². The Balaban J connectivity index is 2.26. The fourth-order valence-electron chi connectivity index (χ4n) is 2.69. The summed E-state index contributed by atoms with van der Waals surface area (Å²) in [5.41, 5.74) is 1.79. The zero-order chi connectivity index (χ0) is 19.6. The van der Waals surface area contributed by atoms with E-state index in [1.165, 1.54) is 0 Å². The first-order chi connectivity index (χ1) is 13.1. The molecule has 6 nitrogen and oxygen atoms in total. The maximum atomic E-state index is 12.4. The largest absolute Gasteiger partial charge is 0.464 e. The van der Waals surface area contributed by atoms with Gasteiger partial charge in [-0.15, -0.1) is 0 Å². The van der Waals surface area contributed by atoms with Gasteiger partial charge >= 0.3 is 11.9 Å². The second-order valence-electron chi connectivity index (χ2n) is 5.88. The highest BCUT2D eigenvalue weighted by Gasteiger charge is 2.25. The topological polar surface area (TPSA) is 84.9 Å². The van der Waals surface area contributed by atoms with Gasteiger partial charge in [-0.3, -0.25) is 0 Å². The molecule has 0 aliphatic rings. The van der Waals surface area contributed by atoms with E-state index in [0.717, 1.165) is 5.56 Å². The van der Waals surface area contributed by atoms with Crippen LogP contribution in [0.1, 0.15) is 31.1 Å². The summed E-state index contributed by atoms with van der Waals surface area (Å²) in [5.74, 6) is -1.13. The highest BCUT2D eigenvalue weighted by molar-refractivity contribution is 5.82. The Bertz CT molecular complexity index is 747. The maximum absolute atomic E-state index is 12.4. The molecule has 0 fully saturated rings. The molecule has 0 bridgehead atoms. The first-order valence-corrected chi connectivity index (χ1v) is 8.97. The van der Waals surface area contributed by atoms with E-state index in [0.29, 0.717) is 17.7 Å². The van der Waals surface area contributed by atoms with E-state index in [9.17, 15) is 14.7 Å². The SMILES string of the molecule is CCOC(=O)C(Cc1ccccc1)Nc1ccccc1C(O)C(=O)OCC. The van der Waals surface area contributed by atoms with Crippen molar-refractivity contribution in [3.63, 3.8) is 0 Å². The van der Waals surface area contributed by atoms with Crippen molar-refractivity contribution in [3.8, 4) is 0 Å². The van der Waals surface area contributed by atoms with Crippen LogP contribution in [0.3, 0.4) is 0 Å². The van der Waals surface area contributed by atoms with E-state index in [2.05, 4.69) is 5.32 Å². The molecular weight excluding hydrogens is 346 g/mol. The number of esters is 2. The molecule has 0 amide bonds. The third kappa shape index (κ3) is 5.82. The molecule has 0 aliphatic carbocycles. The number of nitrogens with one attached hydrogen (secondary N) is 1. The second-order valence-corrected chi connectivity index (χ2v) is 5.88. The number of aliphatic hydroxyl groups excluding tert-OH is 1. The smallest absolute Gasteiger partial charge is 0.339 e. The Kier molecular flexibility index (Phi) is 7.82. The molecule has 6 heteroatoms. The molecule has 2 aromatic rings. The highest BCUT2D eigenvalue weighted by Crippen LogP contribution is 2.25. The summed E-state index contributed by atoms with van der Waals surface area (Å²) in [7, 11) is 0. The van der Waals surface area contributed by atoms with E-state index >= 15 is 0 Å². The van der Waals surface area contributed by atoms with Gasteiger partial charge in [-0.1, -0.05) is 48.5 Å². The van der Waals surface area contributed by atoms with E-state index in [1.54, 1.807) is 38.1 Å². The molecule has 0 saturated heterocycles. The number of ether oxygens (including phenoxy) is 2. The van der Waals surface area contributed by atoms with E-state index < -0.39 is 24.1 Å². The molecular formula is C21H25NO5. The molecule has 2 N–H and O–H groups in total. The molecule has 2 atom stereocenters. The van der Waals surface area contributed by atoms with Crippen LogP contribution in [0.25, 0.3) is 0 Å². The zero-order valence-corrected chi connectivity index (χ0v) is 15.6. The number of para-hydroxylation sites is 1. The molecule has 2 rings (SSSR count). The van der Waals surface area contributed by atoms with Gasteiger partial charge in [-0.05, 0) is 25.5 Å². The Morgan fingerprint density at radius 3 is 2.19 bits per heavy atom. The van der Waals surface area contributed by atoms with Crippen LogP contribution in [0.4, 0.5) is 5.69 Å². The lowest BCUT2D eigenvalue weighted by Crippen LogP contribution is -2.34. The lowest BCUT2D eigenvalue weighted by atomic mass is 10.0. The zero-order valence-electron chi connectivity index (χ0n) is 15.6. The fraction of sp³-hybridized carbons (Fsp3) is 0.333. The quantitative estimate of drug-likeness (QED) is 0.660. The number of hydrogen-bond acceptors (Lipinski definition) is 6. The number of aliphatic hydroxyl groups is 1. The molecule has 0 radical (unpaired) electrons. The van der Waals surface area contributed by atoms with E-state index in [4.69, 9.17) is 9.47 Å². The van der Waals surface area contributed by atoms with Gasteiger partial charge in [0.1, 0.15) is 6.04 Å². The molecule has 2 unspecified atom stereocenters. The summed E-state index contributed by atoms with van der Waals surface area (Å²) < 4.78 is 10.1. The van der Waals surface area contributed by atoms with Crippen molar-refractivity contribution in [1.29, 1.82) is 0 Å². The summed E-state index contributed by atoms with van der Waals surface area (Å²) >= 11 is 0. The maximum Gasteiger partial charge on any atom is 0.339 e. The van der Waals surface area contributed by atoms with Crippen LogP contribution in [0.2, 0.25) is 0 Å². The second kappa shape index (κ2) is 10.3. The lowest BCUT2D eigenvalue weighted by molar-refractivity contribution is -0.153. The molecule has 0 heterocycles. The van der Waals surface area contributed by atoms with Gasteiger partial charge in [0.15, 0.2) is 6.10 Å². The Morgan fingerprint density at radius 2 is 1.52 bits per heavy atom. The third-order valence-electron chi connectivity index (χ3n) is 3.95. The van der Waals surface area contributed by atoms with Crippen molar-refractivity contribution in [1.82, 2.24) is 0 Å². The van der Waals surface area contributed by atoms with Crippen LogP contribution in [-0.2, 0) is 25.5 Å². The number of benzene rings is 2. The highest BCUT2D eigenvalue weighted by atomic mass is 16.5. The molecule has 144 valence electrons. The summed E-state index contributed by atoms with van der Waals surface area (Å²) in [6, 6.07) is 15.7. The molecule has 2 aromatic carbocycles. The van der Waals surface area contributed by atoms with Crippen LogP contribution in [0, 0.1) is 0 Å². The van der Waals surface area contributed by atoms with Crippen LogP contribution in [0.15, 0.2) is 54.6 Å². The molecule has 0 aromatic heterocycles. The molecule has 27 heavy (non-hydrogen) atoms. The Labute approximate surface area is 159 Å². The summed E-state index contributed by atoms with van der Waals surface area (Å²) in [5, 5.41) is 13.4. The first-order valence-electron chi connectivity index (χ1n) is 8.97. The van der Waals surface area contributed by atoms with Crippen LogP contribution < -0.4 is 5.32 Å². The molecule has 0 saturated carbocycles. The average molecular weight is 371 g/mol. The van der Waals surface area contributed by atoms with Gasteiger partial charge < -0.3 is 19.9 Å². The number of rotatable bonds is 9. The average Bonchev–Trinajstić information content (AvgIpc) is 2.68. The summed E-state index contributed by atoms with van der Waals surface area (Å²) in [6.07, 6.45) is -1.03. The van der Waals surface area contributed by atoms with Crippen molar-refractivity contribution in [2.75, 3.05) is 18.5 Å². The Morgan fingerprint density at radius 1 is 0.926 bits per heavy atom. The van der Waals surface area contributed by atoms with Gasteiger partial charge in [-0.25, -0.2) is 9.59 Å². The van der Waals surface area contributed by atoms with Gasteiger partial charge in [0.05, 0.1) is 13.2 Å². The minimum Gasteiger partial charge on any atom is -0.464 e. The first kappa shape index (κ1) is 20.5. The molecule has 0 aliphatic heterocycles. The van der Waals surface area contributed by atoms with Crippen LogP contribution >= 0.6 is 0 Å². The summed E-state index contributed by atoms with van der Waals surface area (Å²) in [6.45, 7) is 3.85. The predicted octanol–water partition coefficient (Wildman–Crippen LogP) is 2.87. The minimum atomic E-state index is -1.44. The van der Waals surface area contributed by atoms with Crippen molar-refractivity contribution >= 4 is 17.6 Å². The standard InChI is InChI=1S/C21H25NO5/c1-3-26-20(24)18(14-15-10-6-5-7-11-15)22-17-13-9-8-12-16(17)19(23)21(25)27-4-2/h5-13,18-19,22-23H,3-4,14H2,1-2H3. The normalized spacial score (nSPS) is 12.7. The number of anilines is 1. The minimum absolute atomic E-state index is 0.172. The number of carbonyl (C=O) groups excluding carboxylic acids is 2. The molecule has 0 spiro atoms. The van der Waals surface area contributed by atoms with Crippen molar-refractivity contribution < 1.29 is 24.2 Å². The van der Waals surface area contributed by atoms with Gasteiger partial charge in [0, 0.05) is 17.7 Å². The van der Waals surface area contributed by atoms with Crippen LogP contribution in [-0.4, -0.2) is 36.3 Å². The van der Waals surface area contributed by atoms with Gasteiger partial charge in [0.25, 0.3) is 0 Å². The lowest BCUT2D eigenvalue weighted by Gasteiger charge is -2.22. The summed E-state index contributed by atoms with van der Waals surface area (Å²) in [4.78, 5) is 24.3. The Hall–Kier alpha value is -2.86. The van der Waals surface area contributed by atoms with Gasteiger partial charge in [0.2, 0.25) is 0 Å². The van der Waals surface area contributed by atoms with Crippen molar-refractivity contribution in [2.45, 2.75) is 32.4 Å². The van der Waals surface area contributed by atoms with E-state index in [-0.39, 0.29) is 13.2 Å². The van der Waals surface area contributed by atoms with Gasteiger partial charge in [-0.2, -0.15) is 0 Å². The van der Waals surface area contributed by atoms with Crippen LogP contribution in [0.5, 0.6) is 0 Å². The van der Waals surface area contributed by atoms with Crippen molar-refractivity contribution in [3.05, 3.63) is 65.7 Å². The monoisotopic (exact) mass is 371 g/mol. The predicted molar refractivity (Wildman–Crippen MR) is 102 cm³/mol. The fourth-order valence-corrected chi connectivity index (χ4v) is 2.69. The van der Waals surface area contributed by atoms with Crippen molar-refractivity contribution in [2.24, 2.45) is 0 Å². The third-order valence-corrected chi connectivity index (χ3v) is 3.95. The number of carbonyl (C=O) groups is 2. The number of hydrogen-bond donors (Lipinski definition) is 2.